The Morgan fingerprint density at radius 3 is 2.56 bits per heavy atom. The molecule has 1 spiro atoms. The molecule has 4 aromatic rings. The number of amides is 2. The van der Waals surface area contributed by atoms with Gasteiger partial charge >= 0.3 is 0 Å². The van der Waals surface area contributed by atoms with E-state index in [0.717, 1.165) is 73.0 Å². The zero-order valence-corrected chi connectivity index (χ0v) is 31.9. The van der Waals surface area contributed by atoms with Gasteiger partial charge in [0.25, 0.3) is 5.91 Å². The van der Waals surface area contributed by atoms with Crippen LogP contribution < -0.4 is 10.2 Å². The average Bonchev–Trinajstić information content (AvgIpc) is 3.82. The summed E-state index contributed by atoms with van der Waals surface area (Å²) in [7, 11) is 0. The van der Waals surface area contributed by atoms with Crippen LogP contribution in [0.15, 0.2) is 49.1 Å². The van der Waals surface area contributed by atoms with Crippen molar-refractivity contribution < 1.29 is 18.7 Å². The number of hydrogen-bond acceptors (Lipinski definition) is 8. The number of pyridine rings is 2. The maximum Gasteiger partial charge on any atom is 0.251 e. The lowest BCUT2D eigenvalue weighted by atomic mass is 9.73. The van der Waals surface area contributed by atoms with Gasteiger partial charge in [-0.2, -0.15) is 0 Å². The van der Waals surface area contributed by atoms with E-state index in [9.17, 15) is 14.0 Å². The van der Waals surface area contributed by atoms with Crippen molar-refractivity contribution in [1.82, 2.24) is 29.3 Å². The molecule has 5 aliphatic rings. The van der Waals surface area contributed by atoms with E-state index < -0.39 is 11.2 Å². The van der Waals surface area contributed by atoms with Gasteiger partial charge in [-0.25, -0.2) is 14.4 Å². The number of aromatic nitrogens is 4. The van der Waals surface area contributed by atoms with Crippen LogP contribution in [0, 0.1) is 11.2 Å². The van der Waals surface area contributed by atoms with Crippen LogP contribution in [-0.2, 0) is 19.7 Å². The molecule has 54 heavy (non-hydrogen) atoms. The van der Waals surface area contributed by atoms with Gasteiger partial charge in [0.05, 0.1) is 34.8 Å². The van der Waals surface area contributed by atoms with E-state index in [1.54, 1.807) is 18.6 Å². The van der Waals surface area contributed by atoms with Gasteiger partial charge in [-0.1, -0.05) is 26.0 Å². The number of carbonyl (C=O) groups excluding carboxylic acids is 2. The molecule has 4 aliphatic heterocycles. The minimum atomic E-state index is -0.683. The van der Waals surface area contributed by atoms with Gasteiger partial charge in [0.1, 0.15) is 11.6 Å². The Kier molecular flexibility index (Phi) is 8.76. The fourth-order valence-electron chi connectivity index (χ4n) is 9.67. The molecule has 1 aliphatic carbocycles. The van der Waals surface area contributed by atoms with E-state index in [0.29, 0.717) is 55.5 Å². The number of halogens is 1. The molecule has 12 heteroatoms. The van der Waals surface area contributed by atoms with Crippen LogP contribution >= 0.6 is 0 Å². The molecule has 4 fully saturated rings. The van der Waals surface area contributed by atoms with E-state index in [-0.39, 0.29) is 35.7 Å². The Morgan fingerprint density at radius 1 is 1.04 bits per heavy atom. The Labute approximate surface area is 316 Å². The number of fused-ring (bicyclic) bond motifs is 3. The number of ether oxygens (including phenoxy) is 1. The second kappa shape index (κ2) is 13.4. The third-order valence-corrected chi connectivity index (χ3v) is 12.9. The zero-order valence-electron chi connectivity index (χ0n) is 31.9. The molecule has 2 amide bonds. The summed E-state index contributed by atoms with van der Waals surface area (Å²) in [5.41, 5.74) is 4.98. The quantitative estimate of drug-likeness (QED) is 0.217. The first-order valence-electron chi connectivity index (χ1n) is 19.9. The van der Waals surface area contributed by atoms with Crippen molar-refractivity contribution in [2.75, 3.05) is 43.0 Å². The van der Waals surface area contributed by atoms with Gasteiger partial charge in [-0.05, 0) is 101 Å². The summed E-state index contributed by atoms with van der Waals surface area (Å²) >= 11 is 0. The monoisotopic (exact) mass is 734 g/mol. The largest absolute Gasteiger partial charge is 0.368 e. The molecule has 7 heterocycles. The van der Waals surface area contributed by atoms with Crippen LogP contribution in [0.25, 0.3) is 22.3 Å². The first-order chi connectivity index (χ1) is 26.0. The topological polar surface area (TPSA) is 109 Å². The highest BCUT2D eigenvalue weighted by Gasteiger charge is 2.56. The highest BCUT2D eigenvalue weighted by molar-refractivity contribution is 6.09. The van der Waals surface area contributed by atoms with Gasteiger partial charge in [-0.3, -0.25) is 19.5 Å². The molecule has 0 radical (unpaired) electrons. The number of nitrogens with one attached hydrogen (secondary N) is 1. The highest BCUT2D eigenvalue weighted by Crippen LogP contribution is 2.52. The third-order valence-electron chi connectivity index (χ3n) is 12.9. The second-order valence-corrected chi connectivity index (χ2v) is 17.3. The number of carbonyl (C=O) groups is 2. The fraction of sp³-hybridized carbons (Fsp3) is 0.548. The van der Waals surface area contributed by atoms with Crippen molar-refractivity contribution in [3.05, 3.63) is 60.4 Å². The van der Waals surface area contributed by atoms with Crippen LogP contribution in [0.1, 0.15) is 90.7 Å². The van der Waals surface area contributed by atoms with Gasteiger partial charge in [0.15, 0.2) is 11.6 Å². The van der Waals surface area contributed by atoms with E-state index >= 15 is 0 Å². The summed E-state index contributed by atoms with van der Waals surface area (Å²) < 4.78 is 22.8. The number of anilines is 3. The van der Waals surface area contributed by atoms with Crippen molar-refractivity contribution >= 4 is 40.0 Å². The number of nitrogens with zero attached hydrogens (tertiary/aromatic N) is 7. The predicted molar refractivity (Wildman–Crippen MR) is 206 cm³/mol. The number of imidazole rings is 1. The van der Waals surface area contributed by atoms with Gasteiger partial charge in [0, 0.05) is 61.8 Å². The molecule has 3 saturated heterocycles. The molecule has 1 aromatic carbocycles. The van der Waals surface area contributed by atoms with Gasteiger partial charge in [0.2, 0.25) is 5.91 Å². The smallest absolute Gasteiger partial charge is 0.251 e. The normalized spacial score (nSPS) is 25.1. The molecular weight excluding hydrogens is 684 g/mol. The summed E-state index contributed by atoms with van der Waals surface area (Å²) in [6.45, 7) is 12.8. The summed E-state index contributed by atoms with van der Waals surface area (Å²) in [5.74, 6) is 0.254. The number of hydrogen-bond donors (Lipinski definition) is 1. The fourth-order valence-corrected chi connectivity index (χ4v) is 9.67. The lowest BCUT2D eigenvalue weighted by molar-refractivity contribution is -0.149. The van der Waals surface area contributed by atoms with E-state index in [1.165, 1.54) is 12.6 Å². The highest BCUT2D eigenvalue weighted by atomic mass is 19.1. The lowest BCUT2D eigenvalue weighted by Gasteiger charge is -2.47. The zero-order chi connectivity index (χ0) is 37.4. The minimum Gasteiger partial charge on any atom is -0.368 e. The van der Waals surface area contributed by atoms with E-state index in [1.807, 2.05) is 15.5 Å². The van der Waals surface area contributed by atoms with Crippen LogP contribution in [0.4, 0.5) is 21.6 Å². The van der Waals surface area contributed by atoms with Crippen molar-refractivity contribution in [1.29, 1.82) is 0 Å². The summed E-state index contributed by atoms with van der Waals surface area (Å²) in [6.07, 6.45) is 11.2. The van der Waals surface area contributed by atoms with Crippen LogP contribution in [0.5, 0.6) is 0 Å². The molecule has 1 unspecified atom stereocenters. The van der Waals surface area contributed by atoms with E-state index in [2.05, 4.69) is 66.0 Å². The summed E-state index contributed by atoms with van der Waals surface area (Å²) in [6, 6.07) is 10.6. The molecule has 284 valence electrons. The van der Waals surface area contributed by atoms with Crippen molar-refractivity contribution in [3.8, 4) is 11.3 Å². The molecule has 1 atom stereocenters. The number of piperidine rings is 1. The molecular formula is C42H51FN8O3. The molecule has 0 bridgehead atoms. The Bertz CT molecular complexity index is 2090. The first-order valence-corrected chi connectivity index (χ1v) is 19.9. The Balaban J connectivity index is 1.07. The van der Waals surface area contributed by atoms with Crippen LogP contribution in [-0.4, -0.2) is 92.1 Å². The van der Waals surface area contributed by atoms with Gasteiger partial charge in [-0.15, -0.1) is 0 Å². The standard InChI is InChI=1S/C42H51FN8O3/c1-26(2)50-25-45-34-22-33(47-38(37(34)50)46-32-10-14-44-23-31(32)43)27-8-9-30-35(19-27)51(29-20-28(21-29)49-15-11-41(3,4)24-49)40(53)42(30)12-16-48(17-13-42)39(52)36-7-5-6-18-54-36/h8-10,14,19,22-23,25-26,28-29,36H,5-7,11-13,15-18,20-21,24H2,1-4H3,(H,44,46,47). The molecule has 1 saturated carbocycles. The first kappa shape index (κ1) is 35.3. The number of benzene rings is 1. The SMILES string of the molecule is CC(C)n1cnc2cc(-c3ccc4c(c3)N(C3CC(N5CCC(C)(C)C5)C3)C(=O)C43CCN(C(=O)C4CCCCO4)CC3)nc(Nc3ccncc3F)c21. The van der Waals surface area contributed by atoms with Crippen molar-refractivity contribution in [2.24, 2.45) is 5.41 Å². The van der Waals surface area contributed by atoms with Crippen molar-refractivity contribution in [3.63, 3.8) is 0 Å². The Hall–Kier alpha value is -4.42. The molecule has 1 N–H and O–H groups in total. The number of likely N-dealkylation sites (tertiary alicyclic amines) is 2. The van der Waals surface area contributed by atoms with Crippen LogP contribution in [0.3, 0.4) is 0 Å². The maximum absolute atomic E-state index is 15.0. The second-order valence-electron chi connectivity index (χ2n) is 17.3. The van der Waals surface area contributed by atoms with Crippen LogP contribution in [0.2, 0.25) is 0 Å². The third kappa shape index (κ3) is 5.96. The molecule has 3 aromatic heterocycles. The lowest BCUT2D eigenvalue weighted by Crippen LogP contribution is -2.58. The average molecular weight is 735 g/mol. The maximum atomic E-state index is 15.0. The molecule has 11 nitrogen and oxygen atoms in total. The predicted octanol–water partition coefficient (Wildman–Crippen LogP) is 7.00. The summed E-state index contributed by atoms with van der Waals surface area (Å²) in [4.78, 5) is 48.9. The minimum absolute atomic E-state index is 0.0650. The van der Waals surface area contributed by atoms with Crippen molar-refractivity contribution in [2.45, 2.75) is 109 Å². The molecule has 9 rings (SSSR count). The number of rotatable bonds is 7. The Morgan fingerprint density at radius 2 is 1.85 bits per heavy atom. The summed E-state index contributed by atoms with van der Waals surface area (Å²) in [5, 5.41) is 3.23. The van der Waals surface area contributed by atoms with E-state index in [4.69, 9.17) is 14.7 Å². The van der Waals surface area contributed by atoms with Gasteiger partial charge < -0.3 is 24.4 Å².